The lowest BCUT2D eigenvalue weighted by atomic mass is 9.98. The lowest BCUT2D eigenvalue weighted by molar-refractivity contribution is -0.138. The Morgan fingerprint density at radius 2 is 1.61 bits per heavy atom. The predicted octanol–water partition coefficient (Wildman–Crippen LogP) is 4.26. The molecule has 176 valence electrons. The molecule has 1 atom stereocenters. The van der Waals surface area contributed by atoms with Crippen molar-refractivity contribution in [3.63, 3.8) is 0 Å². The fraction of sp³-hybridized carbons (Fsp3) is 0.423. The average molecular weight is 453 g/mol. The molecule has 0 heterocycles. The number of nitrogens with zero attached hydrogens (tertiary/aromatic N) is 1. The number of fused-ring (bicyclic) bond motifs is 3. The predicted molar refractivity (Wildman–Crippen MR) is 126 cm³/mol. The van der Waals surface area contributed by atoms with Crippen molar-refractivity contribution in [2.24, 2.45) is 5.92 Å². The Morgan fingerprint density at radius 1 is 1.03 bits per heavy atom. The Morgan fingerprint density at radius 3 is 2.15 bits per heavy atom. The van der Waals surface area contributed by atoms with Crippen molar-refractivity contribution < 1.29 is 24.2 Å². The molecule has 0 bridgehead atoms. The van der Waals surface area contributed by atoms with Crippen LogP contribution in [0.4, 0.5) is 4.79 Å². The van der Waals surface area contributed by atoms with E-state index in [2.05, 4.69) is 29.6 Å². The van der Waals surface area contributed by atoms with E-state index in [1.165, 1.54) is 4.90 Å². The molecular formula is C26H32N2O5. The van der Waals surface area contributed by atoms with Crippen molar-refractivity contribution in [2.45, 2.75) is 45.1 Å². The number of hydrogen-bond donors (Lipinski definition) is 2. The van der Waals surface area contributed by atoms with Crippen LogP contribution in [0.2, 0.25) is 0 Å². The number of rotatable bonds is 10. The first-order valence-electron chi connectivity index (χ1n) is 11.4. The first kappa shape index (κ1) is 24.3. The smallest absolute Gasteiger partial charge is 0.407 e. The molecule has 1 unspecified atom stereocenters. The molecule has 33 heavy (non-hydrogen) atoms. The monoisotopic (exact) mass is 452 g/mol. The molecule has 2 aromatic carbocycles. The van der Waals surface area contributed by atoms with Crippen molar-refractivity contribution in [1.29, 1.82) is 0 Å². The van der Waals surface area contributed by atoms with Gasteiger partial charge in [0, 0.05) is 25.9 Å². The molecule has 1 aliphatic rings. The van der Waals surface area contributed by atoms with E-state index in [-0.39, 0.29) is 30.8 Å². The third-order valence-electron chi connectivity index (χ3n) is 5.90. The summed E-state index contributed by atoms with van der Waals surface area (Å²) < 4.78 is 5.60. The third-order valence-corrected chi connectivity index (χ3v) is 5.90. The summed E-state index contributed by atoms with van der Waals surface area (Å²) in [5, 5.41) is 11.5. The van der Waals surface area contributed by atoms with Gasteiger partial charge in [0.15, 0.2) is 0 Å². The molecular weight excluding hydrogens is 420 g/mol. The number of carboxylic acids is 1. The largest absolute Gasteiger partial charge is 0.481 e. The van der Waals surface area contributed by atoms with Gasteiger partial charge in [0.25, 0.3) is 0 Å². The van der Waals surface area contributed by atoms with E-state index in [9.17, 15) is 14.4 Å². The number of ether oxygens (including phenoxy) is 1. The van der Waals surface area contributed by atoms with E-state index >= 15 is 0 Å². The number of aliphatic carboxylic acids is 1. The summed E-state index contributed by atoms with van der Waals surface area (Å²) in [5.74, 6) is -1.02. The van der Waals surface area contributed by atoms with E-state index in [1.54, 1.807) is 7.05 Å². The SMILES string of the molecule is CC(C)CC(NC(=O)OCC1c2ccccc2-c2ccccc21)C(=O)N(C)CCCC(=O)O. The second-order valence-corrected chi connectivity index (χ2v) is 8.91. The van der Waals surface area contributed by atoms with Crippen molar-refractivity contribution in [2.75, 3.05) is 20.2 Å². The lowest BCUT2D eigenvalue weighted by Crippen LogP contribution is -2.48. The van der Waals surface area contributed by atoms with Crippen LogP contribution < -0.4 is 5.32 Å². The van der Waals surface area contributed by atoms with Gasteiger partial charge in [-0.3, -0.25) is 9.59 Å². The molecule has 7 heteroatoms. The van der Waals surface area contributed by atoms with Gasteiger partial charge >= 0.3 is 12.1 Å². The summed E-state index contributed by atoms with van der Waals surface area (Å²) in [6, 6.07) is 15.5. The van der Waals surface area contributed by atoms with Crippen LogP contribution in [0.1, 0.15) is 50.2 Å². The second-order valence-electron chi connectivity index (χ2n) is 8.91. The molecule has 1 aliphatic carbocycles. The first-order valence-corrected chi connectivity index (χ1v) is 11.4. The number of alkyl carbamates (subject to hydrolysis) is 1. The van der Waals surface area contributed by atoms with Crippen LogP contribution in [0, 0.1) is 5.92 Å². The Hall–Kier alpha value is -3.35. The standard InChI is InChI=1S/C26H32N2O5/c1-17(2)15-23(25(31)28(3)14-8-13-24(29)30)27-26(32)33-16-22-20-11-6-4-9-18(20)19-10-5-7-12-21(19)22/h4-7,9-12,17,22-23H,8,13-16H2,1-3H3,(H,27,32)(H,29,30). The minimum atomic E-state index is -0.897. The van der Waals surface area contributed by atoms with Crippen LogP contribution in [0.3, 0.4) is 0 Å². The third kappa shape index (κ3) is 6.12. The molecule has 7 nitrogen and oxygen atoms in total. The van der Waals surface area contributed by atoms with Crippen molar-refractivity contribution >= 4 is 18.0 Å². The number of benzene rings is 2. The van der Waals surface area contributed by atoms with Crippen LogP contribution in [0.15, 0.2) is 48.5 Å². The summed E-state index contributed by atoms with van der Waals surface area (Å²) >= 11 is 0. The van der Waals surface area contributed by atoms with E-state index in [1.807, 2.05) is 38.1 Å². The Kier molecular flexibility index (Phi) is 8.09. The van der Waals surface area contributed by atoms with Gasteiger partial charge in [-0.15, -0.1) is 0 Å². The second kappa shape index (κ2) is 11.0. The maximum absolute atomic E-state index is 12.9. The normalized spacial score (nSPS) is 13.2. The topological polar surface area (TPSA) is 95.9 Å². The minimum Gasteiger partial charge on any atom is -0.481 e. The molecule has 0 aliphatic heterocycles. The molecule has 2 amide bonds. The first-order chi connectivity index (χ1) is 15.8. The zero-order valence-corrected chi connectivity index (χ0v) is 19.4. The minimum absolute atomic E-state index is 0.00766. The molecule has 0 spiro atoms. The number of nitrogens with one attached hydrogen (secondary N) is 1. The van der Waals surface area contributed by atoms with Gasteiger partial charge in [0.05, 0.1) is 0 Å². The number of amides is 2. The van der Waals surface area contributed by atoms with Gasteiger partial charge in [-0.05, 0) is 41.0 Å². The fourth-order valence-electron chi connectivity index (χ4n) is 4.32. The van der Waals surface area contributed by atoms with E-state index in [4.69, 9.17) is 9.84 Å². The molecule has 0 saturated heterocycles. The van der Waals surface area contributed by atoms with Gasteiger partial charge in [-0.2, -0.15) is 0 Å². The van der Waals surface area contributed by atoms with Crippen molar-refractivity contribution in [3.8, 4) is 11.1 Å². The maximum Gasteiger partial charge on any atom is 0.407 e. The zero-order valence-electron chi connectivity index (χ0n) is 19.4. The van der Waals surface area contributed by atoms with Crippen LogP contribution in [-0.2, 0) is 14.3 Å². The molecule has 3 rings (SSSR count). The van der Waals surface area contributed by atoms with Crippen LogP contribution >= 0.6 is 0 Å². The maximum atomic E-state index is 12.9. The van der Waals surface area contributed by atoms with Crippen LogP contribution in [0.5, 0.6) is 0 Å². The van der Waals surface area contributed by atoms with E-state index in [0.29, 0.717) is 19.4 Å². The molecule has 0 aromatic heterocycles. The van der Waals surface area contributed by atoms with Gasteiger partial charge in [0.2, 0.25) is 5.91 Å². The summed E-state index contributed by atoms with van der Waals surface area (Å²) in [6.07, 6.45) is 0.185. The summed E-state index contributed by atoms with van der Waals surface area (Å²) in [5.41, 5.74) is 4.55. The number of carboxylic acid groups (broad SMARTS) is 1. The van der Waals surface area contributed by atoms with Gasteiger partial charge < -0.3 is 20.1 Å². The van der Waals surface area contributed by atoms with Crippen LogP contribution in [-0.4, -0.2) is 54.2 Å². The lowest BCUT2D eigenvalue weighted by Gasteiger charge is -2.25. The zero-order chi connectivity index (χ0) is 24.0. The summed E-state index contributed by atoms with van der Waals surface area (Å²) in [7, 11) is 1.62. The van der Waals surface area contributed by atoms with E-state index in [0.717, 1.165) is 22.3 Å². The van der Waals surface area contributed by atoms with Crippen LogP contribution in [0.25, 0.3) is 11.1 Å². The molecule has 0 fully saturated rings. The number of carbonyl (C=O) groups excluding carboxylic acids is 2. The number of hydrogen-bond acceptors (Lipinski definition) is 4. The highest BCUT2D eigenvalue weighted by molar-refractivity contribution is 5.85. The Balaban J connectivity index is 1.63. The summed E-state index contributed by atoms with van der Waals surface area (Å²) in [4.78, 5) is 37.8. The molecule has 0 saturated carbocycles. The Bertz CT molecular complexity index is 958. The fourth-order valence-corrected chi connectivity index (χ4v) is 4.32. The highest BCUT2D eigenvalue weighted by Crippen LogP contribution is 2.44. The van der Waals surface area contributed by atoms with Gasteiger partial charge in [-0.25, -0.2) is 4.79 Å². The number of carbonyl (C=O) groups is 3. The Labute approximate surface area is 194 Å². The molecule has 2 aromatic rings. The average Bonchev–Trinajstić information content (AvgIpc) is 3.10. The van der Waals surface area contributed by atoms with Gasteiger partial charge in [0.1, 0.15) is 12.6 Å². The highest BCUT2D eigenvalue weighted by atomic mass is 16.5. The van der Waals surface area contributed by atoms with Crippen molar-refractivity contribution in [3.05, 3.63) is 59.7 Å². The van der Waals surface area contributed by atoms with E-state index < -0.39 is 18.1 Å². The highest BCUT2D eigenvalue weighted by Gasteiger charge is 2.30. The summed E-state index contributed by atoms with van der Waals surface area (Å²) in [6.45, 7) is 4.44. The quantitative estimate of drug-likeness (QED) is 0.561. The number of likely N-dealkylation sites (N-methyl/N-ethyl adjacent to an activating group) is 1. The molecule has 2 N–H and O–H groups in total. The van der Waals surface area contributed by atoms with Crippen molar-refractivity contribution in [1.82, 2.24) is 10.2 Å². The van der Waals surface area contributed by atoms with Gasteiger partial charge in [-0.1, -0.05) is 62.4 Å². The molecule has 0 radical (unpaired) electrons.